The van der Waals surface area contributed by atoms with E-state index in [0.717, 1.165) is 0 Å². The molecule has 0 N–H and O–H groups in total. The van der Waals surface area contributed by atoms with E-state index in [1.54, 1.807) is 0 Å². The Morgan fingerprint density at radius 3 is 1.14 bits per heavy atom. The standard InChI is InChI=1S/C5H3Cl2F7/c6-2(7)1-3(8,4(9,10)11)5(12,13)14/h2H,1H2. The lowest BCUT2D eigenvalue weighted by molar-refractivity contribution is -0.342. The number of alkyl halides is 9. The minimum absolute atomic E-state index is 2.08. The van der Waals surface area contributed by atoms with Crippen LogP contribution >= 0.6 is 23.2 Å². The van der Waals surface area contributed by atoms with Gasteiger partial charge in [0, 0.05) is 6.42 Å². The molecule has 0 spiro atoms. The van der Waals surface area contributed by atoms with Crippen LogP contribution in [-0.2, 0) is 0 Å². The summed E-state index contributed by atoms with van der Waals surface area (Å²) in [7, 11) is 0. The van der Waals surface area contributed by atoms with Crippen molar-refractivity contribution in [2.45, 2.75) is 29.3 Å². The second-order valence-electron chi connectivity index (χ2n) is 2.39. The van der Waals surface area contributed by atoms with Gasteiger partial charge in [0.15, 0.2) is 0 Å². The van der Waals surface area contributed by atoms with Gasteiger partial charge in [-0.1, -0.05) is 0 Å². The van der Waals surface area contributed by atoms with Crippen LogP contribution in [0.25, 0.3) is 0 Å². The first-order chi connectivity index (χ1) is 5.92. The third-order valence-corrected chi connectivity index (χ3v) is 1.64. The van der Waals surface area contributed by atoms with Crippen LogP contribution in [0.5, 0.6) is 0 Å². The molecule has 0 aliphatic carbocycles. The molecule has 0 aliphatic heterocycles. The molecule has 86 valence electrons. The van der Waals surface area contributed by atoms with E-state index in [1.165, 1.54) is 0 Å². The molecule has 0 bridgehead atoms. The highest BCUT2D eigenvalue weighted by Gasteiger charge is 2.72. The van der Waals surface area contributed by atoms with Crippen LogP contribution in [-0.4, -0.2) is 22.9 Å². The lowest BCUT2D eigenvalue weighted by atomic mass is 10.0. The van der Waals surface area contributed by atoms with E-state index in [1.807, 2.05) is 0 Å². The Balaban J connectivity index is 5.07. The maximum atomic E-state index is 12.6. The van der Waals surface area contributed by atoms with E-state index in [-0.39, 0.29) is 0 Å². The molecule has 0 heterocycles. The molecule has 0 atom stereocenters. The fourth-order valence-corrected chi connectivity index (χ4v) is 1.03. The summed E-state index contributed by atoms with van der Waals surface area (Å²) in [6, 6.07) is 0. The molecule has 0 unspecified atom stereocenters. The molecular formula is C5H3Cl2F7. The summed E-state index contributed by atoms with van der Waals surface area (Å²) in [6.45, 7) is 0. The van der Waals surface area contributed by atoms with Gasteiger partial charge >= 0.3 is 18.0 Å². The van der Waals surface area contributed by atoms with Crippen LogP contribution in [0.4, 0.5) is 30.7 Å². The Labute approximate surface area is 84.0 Å². The average Bonchev–Trinajstić information content (AvgIpc) is 1.79. The van der Waals surface area contributed by atoms with Gasteiger partial charge in [0.05, 0.1) is 0 Å². The van der Waals surface area contributed by atoms with E-state index < -0.39 is 29.3 Å². The predicted molar refractivity (Wildman–Crippen MR) is 36.1 cm³/mol. The zero-order chi connectivity index (χ0) is 11.8. The summed E-state index contributed by atoms with van der Waals surface area (Å²) in [6.07, 6.45) is -14.3. The van der Waals surface area contributed by atoms with E-state index in [9.17, 15) is 30.7 Å². The van der Waals surface area contributed by atoms with Gasteiger partial charge in [0.2, 0.25) is 0 Å². The molecular weight excluding hydrogens is 264 g/mol. The molecule has 0 saturated heterocycles. The van der Waals surface area contributed by atoms with E-state index >= 15 is 0 Å². The van der Waals surface area contributed by atoms with Gasteiger partial charge in [0.25, 0.3) is 0 Å². The summed E-state index contributed by atoms with van der Waals surface area (Å²) in [5.74, 6) is 0. The van der Waals surface area contributed by atoms with E-state index in [4.69, 9.17) is 23.2 Å². The molecule has 14 heavy (non-hydrogen) atoms. The first kappa shape index (κ1) is 14.1. The van der Waals surface area contributed by atoms with Crippen LogP contribution in [0.15, 0.2) is 0 Å². The van der Waals surface area contributed by atoms with Crippen molar-refractivity contribution in [1.82, 2.24) is 0 Å². The summed E-state index contributed by atoms with van der Waals surface area (Å²) < 4.78 is 83.1. The number of hydrogen-bond acceptors (Lipinski definition) is 0. The fourth-order valence-electron chi connectivity index (χ4n) is 0.605. The topological polar surface area (TPSA) is 0 Å². The number of rotatable bonds is 2. The quantitative estimate of drug-likeness (QED) is 0.523. The van der Waals surface area contributed by atoms with Crippen LogP contribution in [0.1, 0.15) is 6.42 Å². The Morgan fingerprint density at radius 1 is 0.786 bits per heavy atom. The lowest BCUT2D eigenvalue weighted by Gasteiger charge is -2.30. The summed E-state index contributed by atoms with van der Waals surface area (Å²) in [5.41, 5.74) is -5.37. The van der Waals surface area contributed by atoms with Crippen molar-refractivity contribution in [3.05, 3.63) is 0 Å². The highest BCUT2D eigenvalue weighted by atomic mass is 35.5. The molecule has 0 radical (unpaired) electrons. The monoisotopic (exact) mass is 266 g/mol. The van der Waals surface area contributed by atoms with E-state index in [0.29, 0.717) is 0 Å². The van der Waals surface area contributed by atoms with Crippen molar-refractivity contribution in [3.8, 4) is 0 Å². The largest absolute Gasteiger partial charge is 0.431 e. The first-order valence-electron chi connectivity index (χ1n) is 3.02. The zero-order valence-corrected chi connectivity index (χ0v) is 7.70. The molecule has 0 rings (SSSR count). The number of halogens is 9. The highest BCUT2D eigenvalue weighted by molar-refractivity contribution is 6.44. The summed E-state index contributed by atoms with van der Waals surface area (Å²) >= 11 is 9.40. The van der Waals surface area contributed by atoms with Gasteiger partial charge in [-0.3, -0.25) is 0 Å². The summed E-state index contributed by atoms with van der Waals surface area (Å²) in [4.78, 5) is -2.09. The van der Waals surface area contributed by atoms with Crippen molar-refractivity contribution in [2.75, 3.05) is 0 Å². The Bertz CT molecular complexity index is 179. The van der Waals surface area contributed by atoms with Gasteiger partial charge in [-0.2, -0.15) is 26.3 Å². The lowest BCUT2D eigenvalue weighted by Crippen LogP contribution is -2.54. The van der Waals surface area contributed by atoms with Gasteiger partial charge in [-0.25, -0.2) is 4.39 Å². The van der Waals surface area contributed by atoms with Gasteiger partial charge in [0.1, 0.15) is 4.84 Å². The Hall–Kier alpha value is 0.0900. The molecule has 0 nitrogen and oxygen atoms in total. The Kier molecular flexibility index (Phi) is 3.95. The third-order valence-electron chi connectivity index (χ3n) is 1.33. The van der Waals surface area contributed by atoms with Crippen molar-refractivity contribution in [2.24, 2.45) is 0 Å². The van der Waals surface area contributed by atoms with Crippen molar-refractivity contribution in [1.29, 1.82) is 0 Å². The van der Waals surface area contributed by atoms with Crippen molar-refractivity contribution in [3.63, 3.8) is 0 Å². The smallest absolute Gasteiger partial charge is 0.223 e. The maximum absolute atomic E-state index is 12.6. The fraction of sp³-hybridized carbons (Fsp3) is 1.00. The van der Waals surface area contributed by atoms with Crippen LogP contribution in [0.3, 0.4) is 0 Å². The molecule has 0 aliphatic rings. The van der Waals surface area contributed by atoms with Crippen molar-refractivity contribution >= 4 is 23.2 Å². The molecule has 0 aromatic carbocycles. The van der Waals surface area contributed by atoms with E-state index in [2.05, 4.69) is 0 Å². The molecule has 0 fully saturated rings. The average molecular weight is 267 g/mol. The second kappa shape index (κ2) is 3.92. The minimum Gasteiger partial charge on any atom is -0.223 e. The molecule has 0 saturated carbocycles. The molecule has 0 aromatic heterocycles. The Morgan fingerprint density at radius 2 is 1.07 bits per heavy atom. The zero-order valence-electron chi connectivity index (χ0n) is 6.19. The maximum Gasteiger partial charge on any atom is 0.431 e. The van der Waals surface area contributed by atoms with Crippen LogP contribution < -0.4 is 0 Å². The third kappa shape index (κ3) is 2.79. The normalized spacial score (nSPS) is 15.0. The molecule has 0 amide bonds. The second-order valence-corrected chi connectivity index (χ2v) is 3.67. The van der Waals surface area contributed by atoms with Crippen LogP contribution in [0.2, 0.25) is 0 Å². The first-order valence-corrected chi connectivity index (χ1v) is 3.89. The SMILES string of the molecule is FC(F)(F)C(F)(CC(Cl)Cl)C(F)(F)F. The molecule has 0 aromatic rings. The van der Waals surface area contributed by atoms with Crippen molar-refractivity contribution < 1.29 is 30.7 Å². The van der Waals surface area contributed by atoms with Gasteiger partial charge < -0.3 is 0 Å². The minimum atomic E-state index is -6.09. The van der Waals surface area contributed by atoms with Gasteiger partial charge in [-0.05, 0) is 0 Å². The predicted octanol–water partition coefficient (Wildman–Crippen LogP) is 4.01. The summed E-state index contributed by atoms with van der Waals surface area (Å²) in [5, 5.41) is 0. The van der Waals surface area contributed by atoms with Crippen LogP contribution in [0, 0.1) is 0 Å². The number of hydrogen-bond donors (Lipinski definition) is 0. The van der Waals surface area contributed by atoms with Gasteiger partial charge in [-0.15, -0.1) is 23.2 Å². The molecule has 9 heteroatoms. The highest BCUT2D eigenvalue weighted by Crippen LogP contribution is 2.49.